The van der Waals surface area contributed by atoms with Crippen molar-refractivity contribution in [1.29, 1.82) is 0 Å². The van der Waals surface area contributed by atoms with Crippen LogP contribution in [0.1, 0.15) is 12.6 Å². The number of pyridine rings is 1. The highest BCUT2D eigenvalue weighted by Crippen LogP contribution is 2.12. The van der Waals surface area contributed by atoms with E-state index in [1.807, 2.05) is 25.4 Å². The zero-order chi connectivity index (χ0) is 10.4. The first-order chi connectivity index (χ1) is 6.74. The zero-order valence-electron chi connectivity index (χ0n) is 8.55. The van der Waals surface area contributed by atoms with Gasteiger partial charge in [0.1, 0.15) is 0 Å². The molecule has 1 aromatic rings. The second-order valence-electron chi connectivity index (χ2n) is 3.27. The summed E-state index contributed by atoms with van der Waals surface area (Å²) in [5.41, 5.74) is 1.05. The van der Waals surface area contributed by atoms with Gasteiger partial charge in [0.25, 0.3) is 0 Å². The van der Waals surface area contributed by atoms with E-state index in [1.165, 1.54) is 0 Å². The molecule has 1 atom stereocenters. The molecule has 3 nitrogen and oxygen atoms in total. The molecule has 1 aromatic heterocycles. The number of rotatable bonds is 5. The Morgan fingerprint density at radius 1 is 1.57 bits per heavy atom. The number of nitrogens with one attached hydrogen (secondary N) is 2. The van der Waals surface area contributed by atoms with Crippen LogP contribution >= 0.6 is 15.9 Å². The monoisotopic (exact) mass is 257 g/mol. The van der Waals surface area contributed by atoms with Crippen LogP contribution in [0, 0.1) is 0 Å². The van der Waals surface area contributed by atoms with Gasteiger partial charge < -0.3 is 10.6 Å². The van der Waals surface area contributed by atoms with Crippen LogP contribution in [-0.2, 0) is 6.54 Å². The molecule has 0 amide bonds. The van der Waals surface area contributed by atoms with E-state index in [1.54, 1.807) is 0 Å². The van der Waals surface area contributed by atoms with E-state index < -0.39 is 0 Å². The Kier molecular flexibility index (Phi) is 5.07. The Labute approximate surface area is 93.4 Å². The molecule has 0 aromatic carbocycles. The van der Waals surface area contributed by atoms with Gasteiger partial charge in [0.2, 0.25) is 0 Å². The predicted octanol–water partition coefficient (Wildman–Crippen LogP) is 1.54. The smallest absolute Gasteiger partial charge is 0.0683 e. The van der Waals surface area contributed by atoms with Crippen LogP contribution in [-0.4, -0.2) is 24.6 Å². The first kappa shape index (κ1) is 11.6. The molecule has 0 fully saturated rings. The average molecular weight is 258 g/mol. The Morgan fingerprint density at radius 2 is 2.36 bits per heavy atom. The van der Waals surface area contributed by atoms with E-state index in [0.717, 1.165) is 23.3 Å². The molecule has 78 valence electrons. The summed E-state index contributed by atoms with van der Waals surface area (Å²) < 4.78 is 1.06. The molecule has 0 bridgehead atoms. The molecule has 0 radical (unpaired) electrons. The Hall–Kier alpha value is -0.450. The normalized spacial score (nSPS) is 12.8. The molecule has 0 saturated heterocycles. The van der Waals surface area contributed by atoms with Crippen LogP contribution in [0.4, 0.5) is 0 Å². The van der Waals surface area contributed by atoms with Crippen molar-refractivity contribution in [3.63, 3.8) is 0 Å². The molecular formula is C10H16BrN3. The molecular weight excluding hydrogens is 242 g/mol. The molecule has 1 unspecified atom stereocenters. The minimum Gasteiger partial charge on any atom is -0.318 e. The van der Waals surface area contributed by atoms with Gasteiger partial charge >= 0.3 is 0 Å². The van der Waals surface area contributed by atoms with Crippen molar-refractivity contribution < 1.29 is 0 Å². The van der Waals surface area contributed by atoms with Gasteiger partial charge in [-0.1, -0.05) is 0 Å². The van der Waals surface area contributed by atoms with Crippen molar-refractivity contribution in [3.05, 3.63) is 28.5 Å². The predicted molar refractivity (Wildman–Crippen MR) is 62.2 cm³/mol. The quantitative estimate of drug-likeness (QED) is 0.841. The SMILES string of the molecule is CNCC(C)NCc1ncccc1Br. The fraction of sp³-hybridized carbons (Fsp3) is 0.500. The van der Waals surface area contributed by atoms with Crippen LogP contribution in [0.25, 0.3) is 0 Å². The molecule has 0 aliphatic carbocycles. The second kappa shape index (κ2) is 6.11. The molecule has 0 saturated carbocycles. The minimum absolute atomic E-state index is 0.453. The topological polar surface area (TPSA) is 37.0 Å². The van der Waals surface area contributed by atoms with Crippen LogP contribution in [0.15, 0.2) is 22.8 Å². The lowest BCUT2D eigenvalue weighted by atomic mass is 10.3. The van der Waals surface area contributed by atoms with Crippen molar-refractivity contribution in [3.8, 4) is 0 Å². The van der Waals surface area contributed by atoms with Gasteiger partial charge in [-0.25, -0.2) is 0 Å². The fourth-order valence-electron chi connectivity index (χ4n) is 1.20. The van der Waals surface area contributed by atoms with Crippen LogP contribution in [0.5, 0.6) is 0 Å². The van der Waals surface area contributed by atoms with Crippen molar-refractivity contribution in [2.24, 2.45) is 0 Å². The largest absolute Gasteiger partial charge is 0.318 e. The Bertz CT molecular complexity index is 278. The first-order valence-electron chi connectivity index (χ1n) is 4.71. The maximum atomic E-state index is 4.28. The van der Waals surface area contributed by atoms with Crippen molar-refractivity contribution in [2.75, 3.05) is 13.6 Å². The molecule has 4 heteroatoms. The van der Waals surface area contributed by atoms with Crippen molar-refractivity contribution >= 4 is 15.9 Å². The summed E-state index contributed by atoms with van der Waals surface area (Å²) >= 11 is 3.47. The summed E-state index contributed by atoms with van der Waals surface area (Å²) in [4.78, 5) is 4.28. The lowest BCUT2D eigenvalue weighted by Gasteiger charge is -2.13. The third-order valence-electron chi connectivity index (χ3n) is 1.96. The molecule has 1 rings (SSSR count). The fourth-order valence-corrected chi connectivity index (χ4v) is 1.59. The van der Waals surface area contributed by atoms with E-state index in [2.05, 4.69) is 38.5 Å². The summed E-state index contributed by atoms with van der Waals surface area (Å²) in [5.74, 6) is 0. The van der Waals surface area contributed by atoms with Crippen LogP contribution in [0.2, 0.25) is 0 Å². The third-order valence-corrected chi connectivity index (χ3v) is 2.68. The maximum absolute atomic E-state index is 4.28. The van der Waals surface area contributed by atoms with Gasteiger partial charge in [0.05, 0.1) is 5.69 Å². The lowest BCUT2D eigenvalue weighted by molar-refractivity contribution is 0.518. The van der Waals surface area contributed by atoms with Crippen LogP contribution < -0.4 is 10.6 Å². The second-order valence-corrected chi connectivity index (χ2v) is 4.13. The number of nitrogens with zero attached hydrogens (tertiary/aromatic N) is 1. The highest BCUT2D eigenvalue weighted by molar-refractivity contribution is 9.10. The molecule has 1 heterocycles. The number of hydrogen-bond acceptors (Lipinski definition) is 3. The van der Waals surface area contributed by atoms with Crippen LogP contribution in [0.3, 0.4) is 0 Å². The van der Waals surface area contributed by atoms with Gasteiger partial charge in [-0.2, -0.15) is 0 Å². The summed E-state index contributed by atoms with van der Waals surface area (Å²) in [6.07, 6.45) is 1.81. The third kappa shape index (κ3) is 3.74. The van der Waals surface area contributed by atoms with E-state index in [4.69, 9.17) is 0 Å². The average Bonchev–Trinajstić information content (AvgIpc) is 2.17. The molecule has 14 heavy (non-hydrogen) atoms. The van der Waals surface area contributed by atoms with Gasteiger partial charge in [-0.15, -0.1) is 0 Å². The van der Waals surface area contributed by atoms with Gasteiger partial charge in [0, 0.05) is 29.8 Å². The summed E-state index contributed by atoms with van der Waals surface area (Å²) in [6, 6.07) is 4.38. The number of aromatic nitrogens is 1. The summed E-state index contributed by atoms with van der Waals surface area (Å²) in [7, 11) is 1.95. The number of halogens is 1. The Balaban J connectivity index is 2.41. The number of hydrogen-bond donors (Lipinski definition) is 2. The molecule has 0 spiro atoms. The highest BCUT2D eigenvalue weighted by Gasteiger charge is 2.02. The number of likely N-dealkylation sites (N-methyl/N-ethyl adjacent to an activating group) is 1. The maximum Gasteiger partial charge on any atom is 0.0683 e. The molecule has 0 aliphatic rings. The highest BCUT2D eigenvalue weighted by atomic mass is 79.9. The Morgan fingerprint density at radius 3 is 3.00 bits per heavy atom. The van der Waals surface area contributed by atoms with Crippen molar-refractivity contribution in [1.82, 2.24) is 15.6 Å². The van der Waals surface area contributed by atoms with E-state index >= 15 is 0 Å². The summed E-state index contributed by atoms with van der Waals surface area (Å²) in [5, 5.41) is 6.51. The zero-order valence-corrected chi connectivity index (χ0v) is 10.1. The minimum atomic E-state index is 0.453. The summed E-state index contributed by atoms with van der Waals surface area (Å²) in [6.45, 7) is 3.90. The van der Waals surface area contributed by atoms with E-state index in [0.29, 0.717) is 6.04 Å². The molecule has 0 aliphatic heterocycles. The van der Waals surface area contributed by atoms with E-state index in [-0.39, 0.29) is 0 Å². The van der Waals surface area contributed by atoms with Gasteiger partial charge in [-0.3, -0.25) is 4.98 Å². The van der Waals surface area contributed by atoms with E-state index in [9.17, 15) is 0 Å². The first-order valence-corrected chi connectivity index (χ1v) is 5.50. The molecule has 2 N–H and O–H groups in total. The van der Waals surface area contributed by atoms with Gasteiger partial charge in [-0.05, 0) is 42.0 Å². The lowest BCUT2D eigenvalue weighted by Crippen LogP contribution is -2.34. The van der Waals surface area contributed by atoms with Gasteiger partial charge in [0.15, 0.2) is 0 Å². The standard InChI is InChI=1S/C10H16BrN3/c1-8(6-12-2)14-7-10-9(11)4-3-5-13-10/h3-5,8,12,14H,6-7H2,1-2H3. The van der Waals surface area contributed by atoms with Crippen molar-refractivity contribution in [2.45, 2.75) is 19.5 Å².